The summed E-state index contributed by atoms with van der Waals surface area (Å²) in [5.41, 5.74) is 0. The molecule has 7 N–H and O–H groups in total. The summed E-state index contributed by atoms with van der Waals surface area (Å²) in [5, 5.41) is 72.1. The van der Waals surface area contributed by atoms with Gasteiger partial charge in [0.1, 0.15) is 55.4 Å². The Morgan fingerprint density at radius 2 is 0.896 bits per heavy atom. The molecule has 0 aromatic rings. The number of hydrogen-bond acceptors (Lipinski definition) is 15. The highest BCUT2D eigenvalue weighted by Crippen LogP contribution is 2.26. The van der Waals surface area contributed by atoms with E-state index in [0.717, 1.165) is 83.5 Å². The second kappa shape index (κ2) is 39.2. The van der Waals surface area contributed by atoms with Gasteiger partial charge in [-0.1, -0.05) is 133 Å². The summed E-state index contributed by atoms with van der Waals surface area (Å²) in [4.78, 5) is 25.7. The molecule has 2 heterocycles. The first-order valence-corrected chi connectivity index (χ1v) is 25.7. The number of rotatable bonds is 39. The number of allylic oxidation sites excluding steroid dienone is 8. The minimum Gasteiger partial charge on any atom is -0.462 e. The van der Waals surface area contributed by atoms with E-state index < -0.39 is 99.3 Å². The van der Waals surface area contributed by atoms with E-state index in [-0.39, 0.29) is 19.4 Å². The molecule has 0 radical (unpaired) electrons. The normalized spacial score (nSPS) is 26.3. The molecule has 15 nitrogen and oxygen atoms in total. The average molecular weight is 955 g/mol. The fourth-order valence-corrected chi connectivity index (χ4v) is 7.75. The fourth-order valence-electron chi connectivity index (χ4n) is 7.75. The van der Waals surface area contributed by atoms with Gasteiger partial charge in [-0.05, 0) is 77.0 Å². The molecule has 0 saturated carbocycles. The number of unbranched alkanes of at least 4 members (excludes halogenated alkanes) is 17. The lowest BCUT2D eigenvalue weighted by atomic mass is 9.98. The van der Waals surface area contributed by atoms with Crippen molar-refractivity contribution in [2.24, 2.45) is 0 Å². The molecule has 2 aliphatic rings. The van der Waals surface area contributed by atoms with Gasteiger partial charge in [-0.15, -0.1) is 0 Å². The summed E-state index contributed by atoms with van der Waals surface area (Å²) >= 11 is 0. The van der Waals surface area contributed by atoms with Crippen LogP contribution in [0.1, 0.15) is 174 Å². The molecule has 0 spiro atoms. The molecule has 67 heavy (non-hydrogen) atoms. The lowest BCUT2D eigenvalue weighted by molar-refractivity contribution is -0.332. The maximum atomic E-state index is 13.0. The van der Waals surface area contributed by atoms with Crippen LogP contribution in [0.5, 0.6) is 0 Å². The standard InChI is InChI=1S/C52H90O15/c1-3-5-7-9-11-13-15-17-19-20-21-23-25-27-29-31-33-35-44(55)65-40(37-62-43(54)34-32-30-28-26-24-22-18-16-14-12-10-8-6-4-2)38-63-51-50(61)48(59)46(57)42(67-51)39-64-52-49(60)47(58)45(56)41(36-53)66-52/h11,13,16-19,21,23,40-42,45-53,56-61H,3-10,12,14-15,20,22,24-39H2,1-2H3/b13-11+,18-16+,19-17+,23-21+/t40-,41+,42+,45-,46-,47?,48?,49?,50?,51+,52+/m1/s1. The molecule has 0 amide bonds. The molecule has 0 bridgehead atoms. The Bertz CT molecular complexity index is 1350. The lowest BCUT2D eigenvalue weighted by Gasteiger charge is -2.42. The molecule has 2 aliphatic heterocycles. The van der Waals surface area contributed by atoms with E-state index in [0.29, 0.717) is 12.8 Å². The van der Waals surface area contributed by atoms with Gasteiger partial charge in [0.05, 0.1) is 19.8 Å². The van der Waals surface area contributed by atoms with E-state index in [9.17, 15) is 45.3 Å². The summed E-state index contributed by atoms with van der Waals surface area (Å²) in [7, 11) is 0. The van der Waals surface area contributed by atoms with Gasteiger partial charge in [-0.25, -0.2) is 0 Å². The molecule has 2 saturated heterocycles. The summed E-state index contributed by atoms with van der Waals surface area (Å²) in [6.45, 7) is 2.51. The third-order valence-electron chi connectivity index (χ3n) is 12.0. The minimum absolute atomic E-state index is 0.137. The van der Waals surface area contributed by atoms with Crippen molar-refractivity contribution in [2.45, 2.75) is 242 Å². The van der Waals surface area contributed by atoms with Gasteiger partial charge in [-0.2, -0.15) is 0 Å². The maximum Gasteiger partial charge on any atom is 0.306 e. The maximum absolute atomic E-state index is 13.0. The smallest absolute Gasteiger partial charge is 0.306 e. The summed E-state index contributed by atoms with van der Waals surface area (Å²) < 4.78 is 33.5. The van der Waals surface area contributed by atoms with Gasteiger partial charge in [0, 0.05) is 12.8 Å². The largest absolute Gasteiger partial charge is 0.462 e. The summed E-state index contributed by atoms with van der Waals surface area (Å²) in [6, 6.07) is 0. The van der Waals surface area contributed by atoms with Crippen LogP contribution in [0.4, 0.5) is 0 Å². The Balaban J connectivity index is 1.83. The third kappa shape index (κ3) is 27.4. The number of ether oxygens (including phenoxy) is 6. The van der Waals surface area contributed by atoms with E-state index in [4.69, 9.17) is 28.4 Å². The van der Waals surface area contributed by atoms with Gasteiger partial charge >= 0.3 is 11.9 Å². The van der Waals surface area contributed by atoms with Crippen LogP contribution in [0, 0.1) is 0 Å². The zero-order valence-corrected chi connectivity index (χ0v) is 40.9. The van der Waals surface area contributed by atoms with Crippen molar-refractivity contribution in [1.29, 1.82) is 0 Å². The fraction of sp³-hybridized carbons (Fsp3) is 0.808. The van der Waals surface area contributed by atoms with Crippen molar-refractivity contribution < 1.29 is 73.8 Å². The number of carbonyl (C=O) groups excluding carboxylic acids is 2. The number of carbonyl (C=O) groups is 2. The third-order valence-corrected chi connectivity index (χ3v) is 12.0. The highest BCUT2D eigenvalue weighted by atomic mass is 16.7. The van der Waals surface area contributed by atoms with E-state index >= 15 is 0 Å². The molecular formula is C52H90O15. The molecule has 11 atom stereocenters. The van der Waals surface area contributed by atoms with Crippen molar-refractivity contribution in [1.82, 2.24) is 0 Å². The van der Waals surface area contributed by atoms with Crippen molar-refractivity contribution in [3.05, 3.63) is 48.6 Å². The second-order valence-electron chi connectivity index (χ2n) is 18.0. The predicted octanol–water partition coefficient (Wildman–Crippen LogP) is 7.10. The van der Waals surface area contributed by atoms with Gasteiger partial charge in [-0.3, -0.25) is 9.59 Å². The highest BCUT2D eigenvalue weighted by Gasteiger charge is 2.47. The minimum atomic E-state index is -1.77. The summed E-state index contributed by atoms with van der Waals surface area (Å²) in [5.74, 6) is -0.962. The molecular weight excluding hydrogens is 865 g/mol. The molecule has 2 rings (SSSR count). The van der Waals surface area contributed by atoms with E-state index in [1.807, 2.05) is 0 Å². The van der Waals surface area contributed by atoms with E-state index in [1.54, 1.807) is 0 Å². The molecule has 4 unspecified atom stereocenters. The Hall–Kier alpha value is -2.54. The number of hydrogen-bond donors (Lipinski definition) is 7. The Labute approximate surface area is 401 Å². The Kier molecular flexibility index (Phi) is 35.5. The van der Waals surface area contributed by atoms with Gasteiger partial charge in [0.15, 0.2) is 18.7 Å². The van der Waals surface area contributed by atoms with Crippen molar-refractivity contribution in [2.75, 3.05) is 26.4 Å². The van der Waals surface area contributed by atoms with Gasteiger partial charge in [0.25, 0.3) is 0 Å². The van der Waals surface area contributed by atoms with Crippen molar-refractivity contribution in [3.63, 3.8) is 0 Å². The molecule has 388 valence electrons. The van der Waals surface area contributed by atoms with Gasteiger partial charge in [0.2, 0.25) is 0 Å². The molecule has 2 fully saturated rings. The topological polar surface area (TPSA) is 231 Å². The van der Waals surface area contributed by atoms with Crippen LogP contribution in [-0.2, 0) is 38.0 Å². The SMILES string of the molecule is CCCCC/C=C/C/C=C/C/C=C/CCCCCCC(=O)O[C@H](COC(=O)CCCCCCC/C=C/CCCCCCC)CO[C@H]1O[C@@H](CO[C@H]2O[C@@H](CO)[C@@H](O)C(O)C2O)[C@@H](O)C(O)C1O. The van der Waals surface area contributed by atoms with Crippen molar-refractivity contribution >= 4 is 11.9 Å². The predicted molar refractivity (Wildman–Crippen MR) is 257 cm³/mol. The zero-order chi connectivity index (χ0) is 48.9. The first-order chi connectivity index (χ1) is 32.5. The van der Waals surface area contributed by atoms with E-state index in [1.165, 1.54) is 51.4 Å². The van der Waals surface area contributed by atoms with Crippen LogP contribution in [-0.4, -0.2) is 142 Å². The summed E-state index contributed by atoms with van der Waals surface area (Å²) in [6.07, 6.45) is 25.6. The van der Waals surface area contributed by atoms with Crippen LogP contribution in [0.15, 0.2) is 48.6 Å². The van der Waals surface area contributed by atoms with Gasteiger partial charge < -0.3 is 64.2 Å². The first-order valence-electron chi connectivity index (χ1n) is 25.7. The second-order valence-corrected chi connectivity index (χ2v) is 18.0. The van der Waals surface area contributed by atoms with Crippen LogP contribution in [0.25, 0.3) is 0 Å². The van der Waals surface area contributed by atoms with Crippen LogP contribution >= 0.6 is 0 Å². The molecule has 0 aliphatic carbocycles. The Morgan fingerprint density at radius 1 is 0.478 bits per heavy atom. The monoisotopic (exact) mass is 955 g/mol. The molecule has 0 aromatic carbocycles. The van der Waals surface area contributed by atoms with Crippen molar-refractivity contribution in [3.8, 4) is 0 Å². The number of aliphatic hydroxyl groups is 7. The Morgan fingerprint density at radius 3 is 1.45 bits per heavy atom. The lowest BCUT2D eigenvalue weighted by Crippen LogP contribution is -2.61. The average Bonchev–Trinajstić information content (AvgIpc) is 3.32. The molecule has 0 aromatic heterocycles. The molecule has 15 heteroatoms. The number of esters is 2. The zero-order valence-electron chi connectivity index (χ0n) is 40.9. The first kappa shape index (κ1) is 60.6. The number of aliphatic hydroxyl groups excluding tert-OH is 7. The highest BCUT2D eigenvalue weighted by molar-refractivity contribution is 5.70. The quantitative estimate of drug-likeness (QED) is 0.0185. The van der Waals surface area contributed by atoms with Crippen LogP contribution in [0.2, 0.25) is 0 Å². The van der Waals surface area contributed by atoms with E-state index in [2.05, 4.69) is 62.5 Å². The van der Waals surface area contributed by atoms with Crippen LogP contribution < -0.4 is 0 Å². The van der Waals surface area contributed by atoms with Crippen LogP contribution in [0.3, 0.4) is 0 Å².